The average molecular weight is 328 g/mol. The van der Waals surface area contributed by atoms with Crippen LogP contribution in [0.2, 0.25) is 5.15 Å². The van der Waals surface area contributed by atoms with Gasteiger partial charge in [0.25, 0.3) is 0 Å². The lowest BCUT2D eigenvalue weighted by Gasteiger charge is -2.11. The first-order valence-corrected chi connectivity index (χ1v) is 7.93. The highest BCUT2D eigenvalue weighted by molar-refractivity contribution is 6.31. The molecule has 0 fully saturated rings. The van der Waals surface area contributed by atoms with Gasteiger partial charge < -0.3 is 10.1 Å². The van der Waals surface area contributed by atoms with Crippen molar-refractivity contribution in [3.63, 3.8) is 0 Å². The number of aromatic nitrogens is 2. The SMILES string of the molecule is COCCC(C)NC(=O)/C=C/c1c(C)nn(CC(C)C)c1Cl. The van der Waals surface area contributed by atoms with E-state index in [1.54, 1.807) is 17.9 Å². The zero-order valence-corrected chi connectivity index (χ0v) is 14.8. The van der Waals surface area contributed by atoms with Crippen molar-refractivity contribution in [2.24, 2.45) is 5.92 Å². The van der Waals surface area contributed by atoms with E-state index < -0.39 is 0 Å². The molecule has 0 saturated heterocycles. The zero-order valence-electron chi connectivity index (χ0n) is 14.0. The van der Waals surface area contributed by atoms with Crippen molar-refractivity contribution in [3.8, 4) is 0 Å². The molecule has 6 heteroatoms. The zero-order chi connectivity index (χ0) is 16.7. The summed E-state index contributed by atoms with van der Waals surface area (Å²) >= 11 is 6.33. The maximum Gasteiger partial charge on any atom is 0.244 e. The minimum Gasteiger partial charge on any atom is -0.385 e. The molecule has 1 aromatic heterocycles. The summed E-state index contributed by atoms with van der Waals surface area (Å²) in [5.41, 5.74) is 1.61. The molecule has 0 radical (unpaired) electrons. The van der Waals surface area contributed by atoms with Gasteiger partial charge in [-0.3, -0.25) is 9.48 Å². The van der Waals surface area contributed by atoms with E-state index in [0.717, 1.165) is 24.2 Å². The molecule has 124 valence electrons. The maximum atomic E-state index is 11.9. The lowest BCUT2D eigenvalue weighted by Crippen LogP contribution is -2.31. The molecule has 1 amide bonds. The Balaban J connectivity index is 2.69. The number of nitrogens with zero attached hydrogens (tertiary/aromatic N) is 2. The van der Waals surface area contributed by atoms with E-state index in [1.807, 2.05) is 13.8 Å². The fourth-order valence-electron chi connectivity index (χ4n) is 2.04. The molecule has 0 saturated carbocycles. The molecule has 0 aliphatic heterocycles. The topological polar surface area (TPSA) is 56.1 Å². The number of methoxy groups -OCH3 is 1. The summed E-state index contributed by atoms with van der Waals surface area (Å²) in [5, 5.41) is 7.87. The van der Waals surface area contributed by atoms with E-state index in [1.165, 1.54) is 6.08 Å². The minimum atomic E-state index is -0.143. The first-order chi connectivity index (χ1) is 10.3. The first-order valence-electron chi connectivity index (χ1n) is 7.55. The monoisotopic (exact) mass is 327 g/mol. The lowest BCUT2D eigenvalue weighted by atomic mass is 10.2. The number of aryl methyl sites for hydroxylation is 1. The third-order valence-electron chi connectivity index (χ3n) is 3.19. The van der Waals surface area contributed by atoms with Crippen LogP contribution in [0.3, 0.4) is 0 Å². The Morgan fingerprint density at radius 1 is 1.45 bits per heavy atom. The predicted octanol–water partition coefficient (Wildman–Crippen LogP) is 3.06. The summed E-state index contributed by atoms with van der Waals surface area (Å²) in [5.74, 6) is 0.314. The van der Waals surface area contributed by atoms with Crippen LogP contribution >= 0.6 is 11.6 Å². The summed E-state index contributed by atoms with van der Waals surface area (Å²) in [4.78, 5) is 11.9. The highest BCUT2D eigenvalue weighted by atomic mass is 35.5. The Morgan fingerprint density at radius 3 is 2.73 bits per heavy atom. The van der Waals surface area contributed by atoms with E-state index in [0.29, 0.717) is 17.7 Å². The highest BCUT2D eigenvalue weighted by Gasteiger charge is 2.12. The van der Waals surface area contributed by atoms with E-state index in [2.05, 4.69) is 24.3 Å². The van der Waals surface area contributed by atoms with Crippen LogP contribution < -0.4 is 5.32 Å². The van der Waals surface area contributed by atoms with Crippen LogP contribution in [0, 0.1) is 12.8 Å². The van der Waals surface area contributed by atoms with Crippen LogP contribution in [0.25, 0.3) is 6.08 Å². The second-order valence-electron chi connectivity index (χ2n) is 5.89. The van der Waals surface area contributed by atoms with Gasteiger partial charge in [0.15, 0.2) is 0 Å². The summed E-state index contributed by atoms with van der Waals surface area (Å²) < 4.78 is 6.77. The van der Waals surface area contributed by atoms with E-state index in [-0.39, 0.29) is 11.9 Å². The summed E-state index contributed by atoms with van der Waals surface area (Å²) in [6.07, 6.45) is 4.00. The molecule has 1 atom stereocenters. The molecule has 1 unspecified atom stereocenters. The quantitative estimate of drug-likeness (QED) is 0.747. The molecular formula is C16H26ClN3O2. The van der Waals surface area contributed by atoms with Gasteiger partial charge in [0.05, 0.1) is 5.69 Å². The normalized spacial score (nSPS) is 13.0. The van der Waals surface area contributed by atoms with Crippen molar-refractivity contribution >= 4 is 23.6 Å². The van der Waals surface area contributed by atoms with Gasteiger partial charge in [-0.1, -0.05) is 25.4 Å². The van der Waals surface area contributed by atoms with Crippen LogP contribution in [0.15, 0.2) is 6.08 Å². The molecule has 0 aliphatic carbocycles. The van der Waals surface area contributed by atoms with Gasteiger partial charge in [0, 0.05) is 37.9 Å². The first kappa shape index (κ1) is 18.7. The second kappa shape index (κ2) is 8.96. The number of carbonyl (C=O) groups is 1. The molecule has 22 heavy (non-hydrogen) atoms. The summed E-state index contributed by atoms with van der Waals surface area (Å²) in [6, 6.07) is 0.0670. The number of nitrogens with one attached hydrogen (secondary N) is 1. The van der Waals surface area contributed by atoms with Crippen molar-refractivity contribution < 1.29 is 9.53 Å². The molecule has 1 N–H and O–H groups in total. The fourth-order valence-corrected chi connectivity index (χ4v) is 2.35. The Bertz CT molecular complexity index is 524. The highest BCUT2D eigenvalue weighted by Crippen LogP contribution is 2.22. The Hall–Kier alpha value is -1.33. The third-order valence-corrected chi connectivity index (χ3v) is 3.59. The Labute approximate surface area is 137 Å². The van der Waals surface area contributed by atoms with Gasteiger partial charge in [0.2, 0.25) is 5.91 Å². The Kier molecular flexibility index (Phi) is 7.62. The van der Waals surface area contributed by atoms with E-state index in [4.69, 9.17) is 16.3 Å². The number of hydrogen-bond donors (Lipinski definition) is 1. The average Bonchev–Trinajstić information content (AvgIpc) is 2.68. The molecular weight excluding hydrogens is 302 g/mol. The molecule has 1 rings (SSSR count). The van der Waals surface area contributed by atoms with Crippen LogP contribution in [-0.2, 0) is 16.1 Å². The number of amides is 1. The predicted molar refractivity (Wildman–Crippen MR) is 89.9 cm³/mol. The summed E-state index contributed by atoms with van der Waals surface area (Å²) in [6.45, 7) is 9.44. The molecule has 1 heterocycles. The standard InChI is InChI=1S/C16H26ClN3O2/c1-11(2)10-20-16(17)14(13(4)19-20)6-7-15(21)18-12(3)8-9-22-5/h6-7,11-12H,8-10H2,1-5H3,(H,18,21)/b7-6+. The Morgan fingerprint density at radius 2 is 2.14 bits per heavy atom. The number of halogens is 1. The number of rotatable bonds is 8. The number of carbonyl (C=O) groups excluding carboxylic acids is 1. The van der Waals surface area contributed by atoms with Crippen molar-refractivity contribution in [2.75, 3.05) is 13.7 Å². The van der Waals surface area contributed by atoms with Crippen molar-refractivity contribution in [1.29, 1.82) is 0 Å². The number of hydrogen-bond acceptors (Lipinski definition) is 3. The van der Waals surface area contributed by atoms with Gasteiger partial charge in [0.1, 0.15) is 5.15 Å². The summed E-state index contributed by atoms with van der Waals surface area (Å²) in [7, 11) is 1.65. The molecule has 0 aromatic carbocycles. The smallest absolute Gasteiger partial charge is 0.244 e. The molecule has 0 aliphatic rings. The molecule has 1 aromatic rings. The van der Waals surface area contributed by atoms with E-state index in [9.17, 15) is 4.79 Å². The van der Waals surface area contributed by atoms with Gasteiger partial charge in [-0.05, 0) is 32.3 Å². The lowest BCUT2D eigenvalue weighted by molar-refractivity contribution is -0.117. The number of ether oxygens (including phenoxy) is 1. The minimum absolute atomic E-state index is 0.0670. The molecule has 0 bridgehead atoms. The van der Waals surface area contributed by atoms with Crippen molar-refractivity contribution in [3.05, 3.63) is 22.5 Å². The fraction of sp³-hybridized carbons (Fsp3) is 0.625. The van der Waals surface area contributed by atoms with Gasteiger partial charge in [-0.25, -0.2) is 0 Å². The van der Waals surface area contributed by atoms with E-state index >= 15 is 0 Å². The largest absolute Gasteiger partial charge is 0.385 e. The third kappa shape index (κ3) is 5.81. The molecule has 0 spiro atoms. The van der Waals surface area contributed by atoms with Crippen molar-refractivity contribution in [1.82, 2.24) is 15.1 Å². The van der Waals surface area contributed by atoms with Crippen LogP contribution in [-0.4, -0.2) is 35.4 Å². The maximum absolute atomic E-state index is 11.9. The second-order valence-corrected chi connectivity index (χ2v) is 6.25. The van der Waals surface area contributed by atoms with Crippen molar-refractivity contribution in [2.45, 2.75) is 46.7 Å². The van der Waals surface area contributed by atoms with Crippen LogP contribution in [0.5, 0.6) is 0 Å². The van der Waals surface area contributed by atoms with Gasteiger partial charge in [-0.2, -0.15) is 5.10 Å². The van der Waals surface area contributed by atoms with Gasteiger partial charge >= 0.3 is 0 Å². The molecule has 5 nitrogen and oxygen atoms in total. The van der Waals surface area contributed by atoms with Gasteiger partial charge in [-0.15, -0.1) is 0 Å². The van der Waals surface area contributed by atoms with Crippen LogP contribution in [0.4, 0.5) is 0 Å². The van der Waals surface area contributed by atoms with Crippen LogP contribution in [0.1, 0.15) is 38.4 Å².